The molecule has 1 heteroatoms. The van der Waals surface area contributed by atoms with Crippen LogP contribution in [-0.4, -0.2) is 13.1 Å². The molecule has 76 valence electrons. The lowest BCUT2D eigenvalue weighted by molar-refractivity contribution is 0.667. The molecule has 0 saturated carbocycles. The van der Waals surface area contributed by atoms with Gasteiger partial charge in [-0.3, -0.25) is 0 Å². The van der Waals surface area contributed by atoms with Gasteiger partial charge in [0.05, 0.1) is 0 Å². The molecule has 0 radical (unpaired) electrons. The van der Waals surface area contributed by atoms with Gasteiger partial charge < -0.3 is 4.90 Å². The van der Waals surface area contributed by atoms with Gasteiger partial charge in [0.25, 0.3) is 0 Å². The van der Waals surface area contributed by atoms with Gasteiger partial charge in [0.2, 0.25) is 0 Å². The summed E-state index contributed by atoms with van der Waals surface area (Å²) >= 11 is 0. The number of anilines is 1. The van der Waals surface area contributed by atoms with Gasteiger partial charge in [0.1, 0.15) is 0 Å². The summed E-state index contributed by atoms with van der Waals surface area (Å²) in [4.78, 5) is 2.53. The average molecular weight is 189 g/mol. The molecule has 1 aromatic carbocycles. The number of rotatable bonds is 3. The minimum absolute atomic E-state index is 0.762. The van der Waals surface area contributed by atoms with Crippen LogP contribution in [0.1, 0.15) is 38.2 Å². The highest BCUT2D eigenvalue weighted by Crippen LogP contribution is 2.37. The van der Waals surface area contributed by atoms with E-state index < -0.39 is 0 Å². The summed E-state index contributed by atoms with van der Waals surface area (Å²) in [6, 6.07) is 8.87. The Morgan fingerprint density at radius 1 is 1.29 bits per heavy atom. The van der Waals surface area contributed by atoms with Crippen molar-refractivity contribution < 1.29 is 0 Å². The Labute approximate surface area is 86.7 Å². The number of benzene rings is 1. The van der Waals surface area contributed by atoms with E-state index in [9.17, 15) is 0 Å². The third-order valence-corrected chi connectivity index (χ3v) is 3.14. The molecule has 1 aromatic rings. The van der Waals surface area contributed by atoms with Gasteiger partial charge in [-0.15, -0.1) is 0 Å². The summed E-state index contributed by atoms with van der Waals surface area (Å²) in [5, 5.41) is 0. The number of hydrogen-bond acceptors (Lipinski definition) is 1. The van der Waals surface area contributed by atoms with Crippen LogP contribution in [0.2, 0.25) is 0 Å². The lowest BCUT2D eigenvalue weighted by Gasteiger charge is -2.18. The summed E-state index contributed by atoms with van der Waals surface area (Å²) in [5.41, 5.74) is 3.03. The van der Waals surface area contributed by atoms with Crippen molar-refractivity contribution in [2.45, 2.75) is 32.6 Å². The van der Waals surface area contributed by atoms with Crippen molar-refractivity contribution in [1.82, 2.24) is 0 Å². The van der Waals surface area contributed by atoms with Crippen molar-refractivity contribution in [3.05, 3.63) is 29.8 Å². The van der Waals surface area contributed by atoms with Crippen LogP contribution in [0.4, 0.5) is 5.69 Å². The number of para-hydroxylation sites is 1. The van der Waals surface area contributed by atoms with Crippen LogP contribution in [0.5, 0.6) is 0 Å². The summed E-state index contributed by atoms with van der Waals surface area (Å²) in [6.45, 7) is 6.97. The molecule has 1 unspecified atom stereocenters. The first-order chi connectivity index (χ1) is 6.86. The number of fused-ring (bicyclic) bond motifs is 1. The van der Waals surface area contributed by atoms with Gasteiger partial charge in [-0.05, 0) is 24.5 Å². The van der Waals surface area contributed by atoms with Crippen LogP contribution in [0.3, 0.4) is 0 Å². The molecule has 14 heavy (non-hydrogen) atoms. The molecular weight excluding hydrogens is 170 g/mol. The van der Waals surface area contributed by atoms with Gasteiger partial charge in [0, 0.05) is 24.7 Å². The van der Waals surface area contributed by atoms with Crippen LogP contribution in [-0.2, 0) is 0 Å². The van der Waals surface area contributed by atoms with E-state index in [4.69, 9.17) is 0 Å². The first-order valence-electron chi connectivity index (χ1n) is 5.70. The highest BCUT2D eigenvalue weighted by molar-refractivity contribution is 5.60. The Kier molecular flexibility index (Phi) is 2.76. The van der Waals surface area contributed by atoms with Crippen LogP contribution in [0.25, 0.3) is 0 Å². The van der Waals surface area contributed by atoms with E-state index >= 15 is 0 Å². The molecular formula is C13H19N. The molecule has 0 saturated heterocycles. The zero-order chi connectivity index (χ0) is 9.97. The first-order valence-corrected chi connectivity index (χ1v) is 5.70. The molecule has 1 atom stereocenters. The standard InChI is InChI=1S/C13H19N/c1-3-9-14-10-11(4-2)12-7-5-6-8-13(12)14/h5-8,11H,3-4,9-10H2,1-2H3. The molecule has 2 rings (SSSR count). The summed E-state index contributed by atoms with van der Waals surface area (Å²) < 4.78 is 0. The molecule has 0 spiro atoms. The highest BCUT2D eigenvalue weighted by atomic mass is 15.1. The molecule has 1 aliphatic rings. The summed E-state index contributed by atoms with van der Waals surface area (Å²) in [5.74, 6) is 0.762. The normalized spacial score (nSPS) is 19.9. The van der Waals surface area contributed by atoms with Crippen molar-refractivity contribution >= 4 is 5.69 Å². The molecule has 1 nitrogen and oxygen atoms in total. The molecule has 1 aliphatic heterocycles. The first kappa shape index (κ1) is 9.57. The average Bonchev–Trinajstić information content (AvgIpc) is 2.58. The Bertz CT molecular complexity index is 306. The monoisotopic (exact) mass is 189 g/mol. The van der Waals surface area contributed by atoms with Gasteiger partial charge in [-0.2, -0.15) is 0 Å². The zero-order valence-corrected chi connectivity index (χ0v) is 9.16. The molecule has 0 amide bonds. The fourth-order valence-corrected chi connectivity index (χ4v) is 2.41. The summed E-state index contributed by atoms with van der Waals surface area (Å²) in [6.07, 6.45) is 2.50. The quantitative estimate of drug-likeness (QED) is 0.704. The maximum absolute atomic E-state index is 2.53. The van der Waals surface area contributed by atoms with Crippen LogP contribution in [0, 0.1) is 0 Å². The number of nitrogens with zero attached hydrogens (tertiary/aromatic N) is 1. The molecule has 0 fully saturated rings. The third-order valence-electron chi connectivity index (χ3n) is 3.14. The minimum Gasteiger partial charge on any atom is -0.371 e. The van der Waals surface area contributed by atoms with Gasteiger partial charge in [0.15, 0.2) is 0 Å². The van der Waals surface area contributed by atoms with Crippen LogP contribution >= 0.6 is 0 Å². The van der Waals surface area contributed by atoms with E-state index in [1.54, 1.807) is 5.56 Å². The van der Waals surface area contributed by atoms with Crippen LogP contribution in [0.15, 0.2) is 24.3 Å². The topological polar surface area (TPSA) is 3.24 Å². The van der Waals surface area contributed by atoms with Crippen molar-refractivity contribution in [2.75, 3.05) is 18.0 Å². The maximum atomic E-state index is 2.53. The minimum atomic E-state index is 0.762. The predicted molar refractivity (Wildman–Crippen MR) is 62.0 cm³/mol. The lowest BCUT2D eigenvalue weighted by Crippen LogP contribution is -2.22. The summed E-state index contributed by atoms with van der Waals surface area (Å²) in [7, 11) is 0. The van der Waals surface area contributed by atoms with E-state index in [2.05, 4.69) is 43.0 Å². The Morgan fingerprint density at radius 3 is 2.79 bits per heavy atom. The molecule has 1 heterocycles. The highest BCUT2D eigenvalue weighted by Gasteiger charge is 2.25. The van der Waals surface area contributed by atoms with Gasteiger partial charge in [-0.25, -0.2) is 0 Å². The second-order valence-corrected chi connectivity index (χ2v) is 4.11. The van der Waals surface area contributed by atoms with Crippen LogP contribution < -0.4 is 4.90 Å². The zero-order valence-electron chi connectivity index (χ0n) is 9.16. The molecule has 0 N–H and O–H groups in total. The molecule has 0 bridgehead atoms. The van der Waals surface area contributed by atoms with Crippen molar-refractivity contribution in [3.8, 4) is 0 Å². The van der Waals surface area contributed by atoms with Crippen molar-refractivity contribution in [1.29, 1.82) is 0 Å². The molecule has 0 aliphatic carbocycles. The van der Waals surface area contributed by atoms with E-state index in [-0.39, 0.29) is 0 Å². The SMILES string of the molecule is CCCN1CC(CC)c2ccccc21. The fraction of sp³-hybridized carbons (Fsp3) is 0.538. The third kappa shape index (κ3) is 1.52. The van der Waals surface area contributed by atoms with Gasteiger partial charge >= 0.3 is 0 Å². The van der Waals surface area contributed by atoms with E-state index in [0.29, 0.717) is 0 Å². The number of hydrogen-bond donors (Lipinski definition) is 0. The van der Waals surface area contributed by atoms with E-state index in [1.807, 2.05) is 0 Å². The lowest BCUT2D eigenvalue weighted by atomic mass is 9.99. The second-order valence-electron chi connectivity index (χ2n) is 4.11. The largest absolute Gasteiger partial charge is 0.371 e. The van der Waals surface area contributed by atoms with Gasteiger partial charge in [-0.1, -0.05) is 32.0 Å². The Hall–Kier alpha value is -0.980. The molecule has 0 aromatic heterocycles. The Balaban J connectivity index is 2.29. The van der Waals surface area contributed by atoms with Crippen molar-refractivity contribution in [3.63, 3.8) is 0 Å². The van der Waals surface area contributed by atoms with E-state index in [1.165, 1.54) is 31.6 Å². The second kappa shape index (κ2) is 4.04. The maximum Gasteiger partial charge on any atom is 0.0402 e. The fourth-order valence-electron chi connectivity index (χ4n) is 2.41. The Morgan fingerprint density at radius 2 is 2.07 bits per heavy atom. The predicted octanol–water partition coefficient (Wildman–Crippen LogP) is 3.41. The van der Waals surface area contributed by atoms with E-state index in [0.717, 1.165) is 5.92 Å². The smallest absolute Gasteiger partial charge is 0.0402 e. The van der Waals surface area contributed by atoms with Crippen molar-refractivity contribution in [2.24, 2.45) is 0 Å².